The van der Waals surface area contributed by atoms with Crippen LogP contribution in [0.15, 0.2) is 12.3 Å². The van der Waals surface area contributed by atoms with Gasteiger partial charge in [0.05, 0.1) is 19.3 Å². The zero-order chi connectivity index (χ0) is 18.6. The standard InChI is InChI=1S/C17H22ClN5O2/c1-5-6-15(24)23(14-7-13(18)21-17(19)22-14)9-12-11(3)16(25-4)10(2)8-20-12/h7-8H,5-6,9H2,1-4H3,(H2,19,21,22). The van der Waals surface area contributed by atoms with Crippen molar-refractivity contribution in [3.63, 3.8) is 0 Å². The number of anilines is 2. The first-order valence-electron chi connectivity index (χ1n) is 7.96. The Bertz CT molecular complexity index is 762. The fourth-order valence-electron chi connectivity index (χ4n) is 2.59. The first-order valence-corrected chi connectivity index (χ1v) is 8.34. The third-order valence-electron chi connectivity index (χ3n) is 3.80. The second-order valence-electron chi connectivity index (χ2n) is 5.68. The summed E-state index contributed by atoms with van der Waals surface area (Å²) in [5.74, 6) is 1.05. The Morgan fingerprint density at radius 3 is 2.68 bits per heavy atom. The third-order valence-corrected chi connectivity index (χ3v) is 3.99. The predicted octanol–water partition coefficient (Wildman–Crippen LogP) is 3.07. The maximum absolute atomic E-state index is 12.6. The van der Waals surface area contributed by atoms with E-state index in [1.165, 1.54) is 11.0 Å². The first-order chi connectivity index (χ1) is 11.9. The van der Waals surface area contributed by atoms with Crippen molar-refractivity contribution >= 4 is 29.3 Å². The number of methoxy groups -OCH3 is 1. The molecule has 0 saturated carbocycles. The van der Waals surface area contributed by atoms with Crippen LogP contribution >= 0.6 is 11.6 Å². The first kappa shape index (κ1) is 18.9. The van der Waals surface area contributed by atoms with E-state index in [2.05, 4.69) is 15.0 Å². The van der Waals surface area contributed by atoms with Crippen LogP contribution in [-0.2, 0) is 11.3 Å². The van der Waals surface area contributed by atoms with Gasteiger partial charge in [0.25, 0.3) is 0 Å². The lowest BCUT2D eigenvalue weighted by molar-refractivity contribution is -0.118. The van der Waals surface area contributed by atoms with Gasteiger partial charge in [0, 0.05) is 29.8 Å². The highest BCUT2D eigenvalue weighted by Gasteiger charge is 2.21. The molecule has 0 saturated heterocycles. The molecule has 0 unspecified atom stereocenters. The maximum atomic E-state index is 12.6. The normalized spacial score (nSPS) is 10.6. The molecule has 2 N–H and O–H groups in total. The molecule has 7 nitrogen and oxygen atoms in total. The number of pyridine rings is 1. The number of hydrogen-bond donors (Lipinski definition) is 1. The fourth-order valence-corrected chi connectivity index (χ4v) is 2.77. The summed E-state index contributed by atoms with van der Waals surface area (Å²) in [5.41, 5.74) is 8.22. The van der Waals surface area contributed by atoms with Gasteiger partial charge in [-0.2, -0.15) is 4.98 Å². The van der Waals surface area contributed by atoms with Gasteiger partial charge in [0.2, 0.25) is 11.9 Å². The number of nitrogens with zero attached hydrogens (tertiary/aromatic N) is 4. The molecule has 2 aromatic rings. The molecule has 8 heteroatoms. The predicted molar refractivity (Wildman–Crippen MR) is 97.8 cm³/mol. The summed E-state index contributed by atoms with van der Waals surface area (Å²) < 4.78 is 5.44. The largest absolute Gasteiger partial charge is 0.496 e. The zero-order valence-electron chi connectivity index (χ0n) is 14.8. The molecule has 0 fully saturated rings. The molecular weight excluding hydrogens is 342 g/mol. The Labute approximate surface area is 152 Å². The van der Waals surface area contributed by atoms with Crippen LogP contribution in [0.3, 0.4) is 0 Å². The minimum atomic E-state index is -0.0857. The van der Waals surface area contributed by atoms with E-state index in [0.29, 0.717) is 18.7 Å². The second kappa shape index (κ2) is 8.11. The molecule has 0 aliphatic heterocycles. The topological polar surface area (TPSA) is 94.2 Å². The number of nitrogens with two attached hydrogens (primary N) is 1. The van der Waals surface area contributed by atoms with Crippen molar-refractivity contribution in [1.29, 1.82) is 0 Å². The Morgan fingerprint density at radius 2 is 2.08 bits per heavy atom. The highest BCUT2D eigenvalue weighted by molar-refractivity contribution is 6.29. The average Bonchev–Trinajstić information content (AvgIpc) is 2.54. The van der Waals surface area contributed by atoms with Crippen molar-refractivity contribution in [1.82, 2.24) is 15.0 Å². The number of carbonyl (C=O) groups is 1. The van der Waals surface area contributed by atoms with Crippen LogP contribution in [-0.4, -0.2) is 28.0 Å². The number of rotatable bonds is 6. The van der Waals surface area contributed by atoms with Crippen molar-refractivity contribution in [2.45, 2.75) is 40.2 Å². The van der Waals surface area contributed by atoms with Crippen molar-refractivity contribution in [2.24, 2.45) is 0 Å². The molecule has 0 bridgehead atoms. The maximum Gasteiger partial charge on any atom is 0.228 e. The minimum Gasteiger partial charge on any atom is -0.496 e. The van der Waals surface area contributed by atoms with E-state index in [0.717, 1.165) is 22.6 Å². The lowest BCUT2D eigenvalue weighted by Crippen LogP contribution is -2.32. The van der Waals surface area contributed by atoms with E-state index in [1.54, 1.807) is 13.3 Å². The van der Waals surface area contributed by atoms with Crippen molar-refractivity contribution in [3.8, 4) is 5.75 Å². The average molecular weight is 364 g/mol. The van der Waals surface area contributed by atoms with Gasteiger partial charge in [0.15, 0.2) is 0 Å². The van der Waals surface area contributed by atoms with Gasteiger partial charge in [-0.25, -0.2) is 4.98 Å². The number of ether oxygens (including phenoxy) is 1. The number of aromatic nitrogens is 3. The lowest BCUT2D eigenvalue weighted by atomic mass is 10.1. The third kappa shape index (κ3) is 4.36. The van der Waals surface area contributed by atoms with Crippen LogP contribution in [0.4, 0.5) is 11.8 Å². The minimum absolute atomic E-state index is 0.0166. The van der Waals surface area contributed by atoms with Crippen LogP contribution in [0, 0.1) is 13.8 Å². The van der Waals surface area contributed by atoms with E-state index in [4.69, 9.17) is 22.1 Å². The van der Waals surface area contributed by atoms with Gasteiger partial charge in [0.1, 0.15) is 16.7 Å². The molecule has 0 atom stereocenters. The van der Waals surface area contributed by atoms with Crippen molar-refractivity contribution in [2.75, 3.05) is 17.7 Å². The number of nitrogen functional groups attached to an aromatic ring is 1. The van der Waals surface area contributed by atoms with Gasteiger partial charge in [-0.1, -0.05) is 18.5 Å². The summed E-state index contributed by atoms with van der Waals surface area (Å²) in [7, 11) is 1.62. The number of carbonyl (C=O) groups excluding carboxylic acids is 1. The fraction of sp³-hybridized carbons (Fsp3) is 0.412. The number of amides is 1. The SMILES string of the molecule is CCCC(=O)N(Cc1ncc(C)c(OC)c1C)c1cc(Cl)nc(N)n1. The number of halogens is 1. The molecule has 0 aliphatic carbocycles. The summed E-state index contributed by atoms with van der Waals surface area (Å²) in [6.45, 7) is 6.02. The monoisotopic (exact) mass is 363 g/mol. The van der Waals surface area contributed by atoms with E-state index < -0.39 is 0 Å². The van der Waals surface area contributed by atoms with Gasteiger partial charge in [-0.15, -0.1) is 0 Å². The van der Waals surface area contributed by atoms with Gasteiger partial charge in [-0.3, -0.25) is 14.7 Å². The Morgan fingerprint density at radius 1 is 1.36 bits per heavy atom. The number of hydrogen-bond acceptors (Lipinski definition) is 6. The molecular formula is C17H22ClN5O2. The van der Waals surface area contributed by atoms with Crippen LogP contribution in [0.25, 0.3) is 0 Å². The molecule has 0 aliphatic rings. The van der Waals surface area contributed by atoms with Crippen molar-refractivity contribution in [3.05, 3.63) is 34.2 Å². The van der Waals surface area contributed by atoms with Crippen LogP contribution in [0.5, 0.6) is 5.75 Å². The summed E-state index contributed by atoms with van der Waals surface area (Å²) >= 11 is 5.97. The zero-order valence-corrected chi connectivity index (χ0v) is 15.6. The number of aryl methyl sites for hydroxylation is 1. The van der Waals surface area contributed by atoms with E-state index in [-0.39, 0.29) is 23.6 Å². The highest BCUT2D eigenvalue weighted by atomic mass is 35.5. The van der Waals surface area contributed by atoms with Crippen LogP contribution < -0.4 is 15.4 Å². The second-order valence-corrected chi connectivity index (χ2v) is 6.07. The van der Waals surface area contributed by atoms with Crippen molar-refractivity contribution < 1.29 is 9.53 Å². The smallest absolute Gasteiger partial charge is 0.228 e. The van der Waals surface area contributed by atoms with Gasteiger partial charge >= 0.3 is 0 Å². The van der Waals surface area contributed by atoms with Crippen LogP contribution in [0.2, 0.25) is 5.15 Å². The van der Waals surface area contributed by atoms with Crippen LogP contribution in [0.1, 0.15) is 36.6 Å². The summed E-state index contributed by atoms with van der Waals surface area (Å²) in [5, 5.41) is 0.183. The quantitative estimate of drug-likeness (QED) is 0.792. The molecule has 1 amide bonds. The molecule has 0 spiro atoms. The van der Waals surface area contributed by atoms with E-state index in [9.17, 15) is 4.79 Å². The molecule has 0 radical (unpaired) electrons. The molecule has 0 aromatic carbocycles. The Hall–Kier alpha value is -2.41. The summed E-state index contributed by atoms with van der Waals surface area (Å²) in [6, 6.07) is 1.52. The lowest BCUT2D eigenvalue weighted by Gasteiger charge is -2.23. The summed E-state index contributed by atoms with van der Waals surface area (Å²) in [4.78, 5) is 26.6. The van der Waals surface area contributed by atoms with Gasteiger partial charge < -0.3 is 10.5 Å². The molecule has 2 heterocycles. The molecule has 134 valence electrons. The molecule has 2 aromatic heterocycles. The Balaban J connectivity index is 2.46. The van der Waals surface area contributed by atoms with E-state index >= 15 is 0 Å². The molecule has 2 rings (SSSR count). The Kier molecular flexibility index (Phi) is 6.14. The van der Waals surface area contributed by atoms with Gasteiger partial charge in [-0.05, 0) is 20.3 Å². The summed E-state index contributed by atoms with van der Waals surface area (Å²) in [6.07, 6.45) is 2.82. The molecule has 25 heavy (non-hydrogen) atoms. The highest BCUT2D eigenvalue weighted by Crippen LogP contribution is 2.27. The van der Waals surface area contributed by atoms with E-state index in [1.807, 2.05) is 20.8 Å².